The zero-order valence-corrected chi connectivity index (χ0v) is 13.1. The van der Waals surface area contributed by atoms with Crippen molar-refractivity contribution in [2.24, 2.45) is 0 Å². The van der Waals surface area contributed by atoms with Crippen molar-refractivity contribution < 1.29 is 14.6 Å². The highest BCUT2D eigenvalue weighted by Gasteiger charge is 2.31. The summed E-state index contributed by atoms with van der Waals surface area (Å²) in [7, 11) is 0. The second-order valence-electron chi connectivity index (χ2n) is 6.15. The molecular formula is C16H31NO3. The molecule has 0 bridgehead atoms. The van der Waals surface area contributed by atoms with Crippen molar-refractivity contribution in [3.63, 3.8) is 0 Å². The fraction of sp³-hybridized carbons (Fsp3) is 0.938. The quantitative estimate of drug-likeness (QED) is 0.504. The van der Waals surface area contributed by atoms with Gasteiger partial charge in [0.1, 0.15) is 5.54 Å². The van der Waals surface area contributed by atoms with Crippen LogP contribution < -0.4 is 5.32 Å². The molecule has 0 heterocycles. The zero-order chi connectivity index (χ0) is 14.8. The van der Waals surface area contributed by atoms with Gasteiger partial charge in [0.15, 0.2) is 0 Å². The Morgan fingerprint density at radius 3 is 2.50 bits per heavy atom. The number of carboxylic acid groups (broad SMARTS) is 1. The Hall–Kier alpha value is -0.610. The molecule has 1 aliphatic carbocycles. The summed E-state index contributed by atoms with van der Waals surface area (Å²) in [4.78, 5) is 11.4. The molecule has 118 valence electrons. The van der Waals surface area contributed by atoms with Gasteiger partial charge in [0.25, 0.3) is 0 Å². The molecule has 1 rings (SSSR count). The first-order chi connectivity index (χ1) is 9.58. The van der Waals surface area contributed by atoms with Gasteiger partial charge in [-0.1, -0.05) is 32.6 Å². The summed E-state index contributed by atoms with van der Waals surface area (Å²) in [5.74, 6) is -0.764. The predicted molar refractivity (Wildman–Crippen MR) is 81.0 cm³/mol. The van der Waals surface area contributed by atoms with E-state index >= 15 is 0 Å². The van der Waals surface area contributed by atoms with Crippen LogP contribution in [-0.4, -0.2) is 35.9 Å². The third kappa shape index (κ3) is 6.23. The average Bonchev–Trinajstić information content (AvgIpc) is 2.70. The van der Waals surface area contributed by atoms with Crippen LogP contribution in [-0.2, 0) is 9.53 Å². The molecule has 1 saturated carbocycles. The van der Waals surface area contributed by atoms with Crippen LogP contribution in [0.5, 0.6) is 0 Å². The Kier molecular flexibility index (Phi) is 8.15. The second kappa shape index (κ2) is 9.35. The molecule has 4 heteroatoms. The van der Waals surface area contributed by atoms with E-state index in [-0.39, 0.29) is 0 Å². The largest absolute Gasteiger partial charge is 0.480 e. The molecule has 0 spiro atoms. The molecule has 1 unspecified atom stereocenters. The summed E-state index contributed by atoms with van der Waals surface area (Å²) in [6.45, 7) is 5.24. The first-order valence-corrected chi connectivity index (χ1v) is 8.18. The molecule has 0 radical (unpaired) electrons. The van der Waals surface area contributed by atoms with Gasteiger partial charge >= 0.3 is 5.97 Å². The summed E-state index contributed by atoms with van der Waals surface area (Å²) in [5, 5.41) is 12.5. The molecule has 0 amide bonds. The van der Waals surface area contributed by atoms with Crippen molar-refractivity contribution in [1.82, 2.24) is 5.32 Å². The molecule has 0 aliphatic heterocycles. The Morgan fingerprint density at radius 2 is 1.95 bits per heavy atom. The number of aliphatic carboxylic acids is 1. The van der Waals surface area contributed by atoms with E-state index in [1.54, 1.807) is 6.92 Å². The number of carbonyl (C=O) groups is 1. The number of rotatable bonds is 9. The molecule has 0 saturated heterocycles. The number of hydrogen-bond donors (Lipinski definition) is 2. The van der Waals surface area contributed by atoms with Gasteiger partial charge in [-0.2, -0.15) is 0 Å². The van der Waals surface area contributed by atoms with Crippen molar-refractivity contribution in [2.75, 3.05) is 13.2 Å². The van der Waals surface area contributed by atoms with Crippen molar-refractivity contribution >= 4 is 5.97 Å². The first kappa shape index (κ1) is 17.4. The molecule has 1 atom stereocenters. The highest BCUT2D eigenvalue weighted by atomic mass is 16.5. The van der Waals surface area contributed by atoms with E-state index in [4.69, 9.17) is 4.74 Å². The highest BCUT2D eigenvalue weighted by molar-refractivity contribution is 5.78. The van der Waals surface area contributed by atoms with Gasteiger partial charge in [-0.3, -0.25) is 4.79 Å². The second-order valence-corrected chi connectivity index (χ2v) is 6.15. The van der Waals surface area contributed by atoms with Crippen molar-refractivity contribution in [2.45, 2.75) is 83.3 Å². The van der Waals surface area contributed by atoms with Crippen molar-refractivity contribution in [1.29, 1.82) is 0 Å². The molecular weight excluding hydrogens is 254 g/mol. The van der Waals surface area contributed by atoms with Crippen LogP contribution in [0.3, 0.4) is 0 Å². The van der Waals surface area contributed by atoms with Crippen LogP contribution in [0.15, 0.2) is 0 Å². The van der Waals surface area contributed by atoms with Crippen LogP contribution in [0.2, 0.25) is 0 Å². The summed E-state index contributed by atoms with van der Waals surface area (Å²) in [6.07, 6.45) is 10.3. The van der Waals surface area contributed by atoms with Gasteiger partial charge < -0.3 is 15.2 Å². The maximum Gasteiger partial charge on any atom is 0.323 e. The van der Waals surface area contributed by atoms with Crippen LogP contribution >= 0.6 is 0 Å². The molecule has 0 aromatic rings. The standard InChI is InChI=1S/C16H31NO3/c1-3-12-17-16(2,15(18)19)11-8-13-20-14-9-6-4-5-7-10-14/h14,17H,3-13H2,1-2H3,(H,18,19). The number of hydrogen-bond acceptors (Lipinski definition) is 3. The average molecular weight is 285 g/mol. The third-order valence-electron chi connectivity index (χ3n) is 4.21. The highest BCUT2D eigenvalue weighted by Crippen LogP contribution is 2.20. The van der Waals surface area contributed by atoms with Gasteiger partial charge in [0, 0.05) is 6.61 Å². The SMILES string of the molecule is CCCNC(C)(CCCOC1CCCCCC1)C(=O)O. The van der Waals surface area contributed by atoms with E-state index in [0.29, 0.717) is 19.1 Å². The topological polar surface area (TPSA) is 58.6 Å². The van der Waals surface area contributed by atoms with E-state index in [2.05, 4.69) is 5.32 Å². The van der Waals surface area contributed by atoms with Gasteiger partial charge in [-0.15, -0.1) is 0 Å². The van der Waals surface area contributed by atoms with Crippen LogP contribution in [0.1, 0.15) is 71.6 Å². The fourth-order valence-electron chi connectivity index (χ4n) is 2.76. The number of nitrogens with one attached hydrogen (secondary N) is 1. The summed E-state index contributed by atoms with van der Waals surface area (Å²) in [6, 6.07) is 0. The lowest BCUT2D eigenvalue weighted by atomic mass is 9.96. The minimum Gasteiger partial charge on any atom is -0.480 e. The first-order valence-electron chi connectivity index (χ1n) is 8.18. The maximum absolute atomic E-state index is 11.4. The minimum absolute atomic E-state index is 0.400. The van der Waals surface area contributed by atoms with Crippen LogP contribution in [0, 0.1) is 0 Å². The smallest absolute Gasteiger partial charge is 0.323 e. The maximum atomic E-state index is 11.4. The van der Waals surface area contributed by atoms with Crippen molar-refractivity contribution in [3.8, 4) is 0 Å². The lowest BCUT2D eigenvalue weighted by molar-refractivity contribution is -0.144. The predicted octanol–water partition coefficient (Wildman–Crippen LogP) is 3.35. The Balaban J connectivity index is 2.24. The number of carboxylic acids is 1. The van der Waals surface area contributed by atoms with Gasteiger partial charge in [0.2, 0.25) is 0 Å². The Bertz CT molecular complexity index is 275. The molecule has 1 fully saturated rings. The van der Waals surface area contributed by atoms with Gasteiger partial charge in [-0.05, 0) is 45.6 Å². The summed E-state index contributed by atoms with van der Waals surface area (Å²) < 4.78 is 5.92. The normalized spacial score (nSPS) is 20.3. The lowest BCUT2D eigenvalue weighted by Crippen LogP contribution is -2.49. The van der Waals surface area contributed by atoms with Crippen LogP contribution in [0.25, 0.3) is 0 Å². The molecule has 0 aromatic carbocycles. The molecule has 20 heavy (non-hydrogen) atoms. The molecule has 2 N–H and O–H groups in total. The van der Waals surface area contributed by atoms with Gasteiger partial charge in [-0.25, -0.2) is 0 Å². The monoisotopic (exact) mass is 285 g/mol. The van der Waals surface area contributed by atoms with Crippen LogP contribution in [0.4, 0.5) is 0 Å². The van der Waals surface area contributed by atoms with E-state index in [1.807, 2.05) is 6.92 Å². The van der Waals surface area contributed by atoms with E-state index in [0.717, 1.165) is 19.4 Å². The van der Waals surface area contributed by atoms with Crippen molar-refractivity contribution in [3.05, 3.63) is 0 Å². The van der Waals surface area contributed by atoms with E-state index in [1.165, 1.54) is 38.5 Å². The third-order valence-corrected chi connectivity index (χ3v) is 4.21. The number of ether oxygens (including phenoxy) is 1. The Morgan fingerprint density at radius 1 is 1.30 bits per heavy atom. The van der Waals surface area contributed by atoms with E-state index in [9.17, 15) is 9.90 Å². The van der Waals surface area contributed by atoms with E-state index < -0.39 is 11.5 Å². The lowest BCUT2D eigenvalue weighted by Gasteiger charge is -2.26. The fourth-order valence-corrected chi connectivity index (χ4v) is 2.76. The van der Waals surface area contributed by atoms with Gasteiger partial charge in [0.05, 0.1) is 6.10 Å². The Labute approximate surface area is 123 Å². The summed E-state index contributed by atoms with van der Waals surface area (Å²) in [5.41, 5.74) is -0.817. The molecule has 1 aliphatic rings. The summed E-state index contributed by atoms with van der Waals surface area (Å²) >= 11 is 0. The zero-order valence-electron chi connectivity index (χ0n) is 13.1. The molecule has 0 aromatic heterocycles. The minimum atomic E-state index is -0.817. The molecule has 4 nitrogen and oxygen atoms in total.